The van der Waals surface area contributed by atoms with Gasteiger partial charge in [-0.05, 0) is 108 Å². The van der Waals surface area contributed by atoms with Crippen LogP contribution in [0.5, 0.6) is 0 Å². The molecule has 4 rings (SSSR count). The van der Waals surface area contributed by atoms with E-state index in [4.69, 9.17) is 56.2 Å². The molecular weight excluding hydrogens is 1010 g/mol. The van der Waals surface area contributed by atoms with Gasteiger partial charge in [-0.15, -0.1) is 11.8 Å². The number of fused-ring (bicyclic) bond motifs is 3. The molecule has 4 aliphatic rings. The third-order valence-electron chi connectivity index (χ3n) is 16.2. The van der Waals surface area contributed by atoms with Crippen LogP contribution in [-0.4, -0.2) is 164 Å². The first-order chi connectivity index (χ1) is 34.6. The van der Waals surface area contributed by atoms with Crippen LogP contribution in [0.25, 0.3) is 0 Å². The van der Waals surface area contributed by atoms with Gasteiger partial charge in [0.25, 0.3) is 0 Å². The van der Waals surface area contributed by atoms with Gasteiger partial charge in [-0.3, -0.25) is 14.4 Å². The fraction of sp³-hybridized carbons (Fsp3) is 0.875. The number of rotatable bonds is 17. The van der Waals surface area contributed by atoms with Gasteiger partial charge in [0.05, 0.1) is 48.9 Å². The average molecular weight is 1120 g/mol. The lowest BCUT2D eigenvalue weighted by atomic mass is 9.83. The van der Waals surface area contributed by atoms with E-state index < -0.39 is 114 Å². The van der Waals surface area contributed by atoms with Gasteiger partial charge in [-0.25, -0.2) is 0 Å². The van der Waals surface area contributed by atoms with Crippen LogP contribution in [0.2, 0.25) is 36.3 Å². The lowest BCUT2D eigenvalue weighted by molar-refractivity contribution is -0.345. The summed E-state index contributed by atoms with van der Waals surface area (Å²) < 4.78 is 80.8. The Hall–Kier alpha value is -1.73. The molecule has 3 fully saturated rings. The van der Waals surface area contributed by atoms with Crippen molar-refractivity contribution in [3.05, 3.63) is 24.3 Å². The SMILES string of the molecule is CO[C@@H]1[C@@H](O[C@@H]2O[C@H](C)[C@@H](O[C@H]3C[C@@](C)(OCSC)[C@@H](OC(=O)CC(C)C)[C@H](C)O3)[C@H](N(C)C)[C@H]2OC(C)=O)[C@H]2CC(O[Si](C)(C)C(C)(C)C)O[C@@H]1CC(=O)O[C@H](C)C/C=C/C=C/[C@H](O[Si](C)(C)C(C)(C)C)[C@H](C)C2. The van der Waals surface area contributed by atoms with E-state index in [2.05, 4.69) is 80.7 Å². The van der Waals surface area contributed by atoms with E-state index in [9.17, 15) is 14.4 Å². The molecule has 16 nitrogen and oxygen atoms in total. The molecule has 17 atom stereocenters. The van der Waals surface area contributed by atoms with Gasteiger partial charge in [0.15, 0.2) is 41.4 Å². The van der Waals surface area contributed by atoms with E-state index in [0.29, 0.717) is 25.2 Å². The lowest BCUT2D eigenvalue weighted by Gasteiger charge is -2.51. The minimum atomic E-state index is -2.49. The second-order valence-electron chi connectivity index (χ2n) is 25.6. The van der Waals surface area contributed by atoms with Crippen molar-refractivity contribution in [2.24, 2.45) is 17.8 Å². The van der Waals surface area contributed by atoms with E-state index in [0.717, 1.165) is 0 Å². The number of allylic oxidation sites excluding steroid dienone is 2. The number of hydrogen-bond acceptors (Lipinski definition) is 17. The summed E-state index contributed by atoms with van der Waals surface area (Å²) in [5, 5.41) is -0.213. The summed E-state index contributed by atoms with van der Waals surface area (Å²) >= 11 is 1.52. The molecule has 0 radical (unpaired) electrons. The molecule has 0 aromatic carbocycles. The van der Waals surface area contributed by atoms with Crippen molar-refractivity contribution >= 4 is 46.3 Å². The van der Waals surface area contributed by atoms with Gasteiger partial charge in [-0.1, -0.05) is 86.6 Å². The molecular formula is C56H101NO15SSi2. The fourth-order valence-electron chi connectivity index (χ4n) is 10.1. The molecule has 4 aliphatic heterocycles. The zero-order valence-electron chi connectivity index (χ0n) is 50.1. The Morgan fingerprint density at radius 2 is 1.48 bits per heavy atom. The van der Waals surface area contributed by atoms with Gasteiger partial charge in [0.1, 0.15) is 30.2 Å². The third kappa shape index (κ3) is 18.1. The number of ether oxygens (including phenoxy) is 10. The van der Waals surface area contributed by atoms with Crippen molar-refractivity contribution in [3.63, 3.8) is 0 Å². The van der Waals surface area contributed by atoms with Crippen molar-refractivity contribution in [3.8, 4) is 0 Å². The number of carbonyl (C=O) groups excluding carboxylic acids is 3. The fourth-order valence-corrected chi connectivity index (χ4v) is 13.0. The largest absolute Gasteiger partial charge is 0.462 e. The van der Waals surface area contributed by atoms with Crippen LogP contribution in [0.3, 0.4) is 0 Å². The van der Waals surface area contributed by atoms with Crippen molar-refractivity contribution in [1.29, 1.82) is 0 Å². The smallest absolute Gasteiger partial charge is 0.308 e. The van der Waals surface area contributed by atoms with Crippen LogP contribution in [-0.2, 0) is 70.6 Å². The van der Waals surface area contributed by atoms with Gasteiger partial charge in [0, 0.05) is 39.7 Å². The number of hydrogen-bond donors (Lipinski definition) is 0. The molecule has 434 valence electrons. The van der Waals surface area contributed by atoms with Gasteiger partial charge < -0.3 is 61.1 Å². The molecule has 2 bridgehead atoms. The van der Waals surface area contributed by atoms with Crippen LogP contribution in [0.4, 0.5) is 0 Å². The maximum atomic E-state index is 14.0. The summed E-state index contributed by atoms with van der Waals surface area (Å²) in [7, 11) is 0.613. The number of carbonyl (C=O) groups is 3. The van der Waals surface area contributed by atoms with Gasteiger partial charge in [-0.2, -0.15) is 0 Å². The van der Waals surface area contributed by atoms with Crippen molar-refractivity contribution in [2.45, 2.75) is 263 Å². The van der Waals surface area contributed by atoms with Crippen molar-refractivity contribution in [2.75, 3.05) is 33.4 Å². The van der Waals surface area contributed by atoms with E-state index >= 15 is 0 Å². The zero-order chi connectivity index (χ0) is 56.6. The van der Waals surface area contributed by atoms with Crippen LogP contribution < -0.4 is 0 Å². The molecule has 0 aromatic heterocycles. The molecule has 0 spiro atoms. The minimum Gasteiger partial charge on any atom is -0.462 e. The number of esters is 3. The molecule has 4 heterocycles. The van der Waals surface area contributed by atoms with Crippen LogP contribution in [0.1, 0.15) is 135 Å². The maximum absolute atomic E-state index is 14.0. The normalized spacial score (nSPS) is 36.9. The van der Waals surface area contributed by atoms with E-state index in [1.807, 2.05) is 85.0 Å². The predicted octanol–water partition coefficient (Wildman–Crippen LogP) is 10.6. The van der Waals surface area contributed by atoms with E-state index in [1.54, 1.807) is 7.11 Å². The molecule has 3 saturated heterocycles. The Bertz CT molecular complexity index is 1890. The molecule has 1 unspecified atom stereocenters. The first-order valence-electron chi connectivity index (χ1n) is 27.5. The van der Waals surface area contributed by atoms with E-state index in [-0.39, 0.29) is 59.2 Å². The molecule has 19 heteroatoms. The summed E-state index contributed by atoms with van der Waals surface area (Å²) in [6.45, 7) is 37.4. The summed E-state index contributed by atoms with van der Waals surface area (Å²) in [6.07, 6.45) is 2.42. The minimum absolute atomic E-state index is 0.0520. The number of methoxy groups -OCH3 is 1. The lowest BCUT2D eigenvalue weighted by Crippen LogP contribution is -2.66. The van der Waals surface area contributed by atoms with Crippen LogP contribution >= 0.6 is 11.8 Å². The van der Waals surface area contributed by atoms with Crippen molar-refractivity contribution in [1.82, 2.24) is 4.90 Å². The Morgan fingerprint density at radius 1 is 0.840 bits per heavy atom. The standard InChI is InChI=1S/C56H101NO15SSi2/c1-34(2)28-43(59)68-52-38(6)64-46(32-56(52,14)62-33-73-18)69-48-37(5)65-53(51(66-39(7)58)47(48)57(15)16)70-49-40-29-35(3)41(71-74(19,20)54(8,9)10)27-25-23-24-26-36(4)63-44(60)31-42(50(49)61-17)67-45(30-40)72-75(21,22)55(11,12)13/h23-25,27,34-38,40-42,45-53H,26,28-33H2,1-22H3/b24-23+,27-25+/t35-,36-,37-,38+,40-,41+,42-,45?,46+,47+,48-,49+,50+,51-,52+,53+,56-/m1/s1. The number of likely N-dealkylation sites (N-methyl/N-ethyl adjacent to an activating group) is 1. The topological polar surface area (TPSA) is 165 Å². The van der Waals surface area contributed by atoms with Crippen molar-refractivity contribution < 1.29 is 70.6 Å². The summed E-state index contributed by atoms with van der Waals surface area (Å²) in [4.78, 5) is 42.4. The Labute approximate surface area is 458 Å². The highest BCUT2D eigenvalue weighted by molar-refractivity contribution is 7.98. The second-order valence-corrected chi connectivity index (χ2v) is 35.9. The Balaban J connectivity index is 1.85. The molecule has 0 aliphatic carbocycles. The van der Waals surface area contributed by atoms with Gasteiger partial charge >= 0.3 is 17.9 Å². The van der Waals surface area contributed by atoms with Crippen LogP contribution in [0.15, 0.2) is 24.3 Å². The molecule has 0 amide bonds. The predicted molar refractivity (Wildman–Crippen MR) is 298 cm³/mol. The first-order valence-corrected chi connectivity index (χ1v) is 34.7. The van der Waals surface area contributed by atoms with E-state index in [1.165, 1.54) is 18.7 Å². The molecule has 75 heavy (non-hydrogen) atoms. The van der Waals surface area contributed by atoms with Crippen LogP contribution in [0, 0.1) is 17.8 Å². The summed E-state index contributed by atoms with van der Waals surface area (Å²) in [5.74, 6) is -1.19. The number of nitrogens with zero attached hydrogens (tertiary/aromatic N) is 1. The summed E-state index contributed by atoms with van der Waals surface area (Å²) in [5.41, 5.74) is -0.959. The Morgan fingerprint density at radius 3 is 2.05 bits per heavy atom. The zero-order valence-corrected chi connectivity index (χ0v) is 52.9. The average Bonchev–Trinajstić information content (AvgIpc) is 3.37. The third-order valence-corrected chi connectivity index (χ3v) is 25.5. The second kappa shape index (κ2) is 27.6. The highest BCUT2D eigenvalue weighted by Gasteiger charge is 2.56. The monoisotopic (exact) mass is 1120 g/mol. The molecule has 0 saturated carbocycles. The maximum Gasteiger partial charge on any atom is 0.308 e. The number of cyclic esters (lactones) is 1. The molecule has 0 aromatic rings. The first kappa shape index (κ1) is 65.8. The van der Waals surface area contributed by atoms with Gasteiger partial charge in [0.2, 0.25) is 0 Å². The Kier molecular flexibility index (Phi) is 24.2. The highest BCUT2D eigenvalue weighted by Crippen LogP contribution is 2.45. The summed E-state index contributed by atoms with van der Waals surface area (Å²) in [6, 6.07) is -0.630. The highest BCUT2D eigenvalue weighted by atomic mass is 32.2. The molecule has 0 N–H and O–H groups in total. The quantitative estimate of drug-likeness (QED) is 0.0584. The number of thioether (sulfide) groups is 1.